The fourth-order valence-corrected chi connectivity index (χ4v) is 1.45. The minimum Gasteiger partial charge on any atom is -0.377 e. The van der Waals surface area contributed by atoms with Crippen LogP contribution in [0.5, 0.6) is 0 Å². The van der Waals surface area contributed by atoms with Gasteiger partial charge in [-0.15, -0.1) is 0 Å². The Morgan fingerprint density at radius 2 is 2.20 bits per heavy atom. The molecular formula is C11H17ClN2O. The molecule has 1 aromatic carbocycles. The molecule has 0 spiro atoms. The number of rotatable bonds is 5. The van der Waals surface area contributed by atoms with Crippen LogP contribution >= 0.6 is 11.6 Å². The van der Waals surface area contributed by atoms with Gasteiger partial charge in [0, 0.05) is 5.02 Å². The Hall–Kier alpha value is -0.610. The van der Waals surface area contributed by atoms with Gasteiger partial charge in [0.2, 0.25) is 0 Å². The molecule has 3 N–H and O–H groups in total. The third-order valence-electron chi connectivity index (χ3n) is 2.05. The van der Waals surface area contributed by atoms with Crippen LogP contribution in [0.4, 0.5) is 0 Å². The van der Waals surface area contributed by atoms with Gasteiger partial charge in [0.15, 0.2) is 0 Å². The zero-order chi connectivity index (χ0) is 11.3. The van der Waals surface area contributed by atoms with E-state index in [1.54, 1.807) is 0 Å². The third-order valence-corrected chi connectivity index (χ3v) is 2.28. The van der Waals surface area contributed by atoms with Crippen LogP contribution in [-0.2, 0) is 4.74 Å². The molecule has 15 heavy (non-hydrogen) atoms. The van der Waals surface area contributed by atoms with Crippen LogP contribution in [-0.4, -0.2) is 12.7 Å². The van der Waals surface area contributed by atoms with Crippen molar-refractivity contribution < 1.29 is 4.74 Å². The van der Waals surface area contributed by atoms with Gasteiger partial charge in [-0.2, -0.15) is 0 Å². The molecule has 4 heteroatoms. The second kappa shape index (κ2) is 6.08. The lowest BCUT2D eigenvalue weighted by Crippen LogP contribution is -2.32. The Balaban J connectivity index is 2.65. The molecule has 1 aromatic rings. The molecule has 1 unspecified atom stereocenters. The van der Waals surface area contributed by atoms with Gasteiger partial charge >= 0.3 is 0 Å². The number of benzene rings is 1. The molecule has 1 rings (SSSR count). The quantitative estimate of drug-likeness (QED) is 0.601. The molecule has 0 saturated heterocycles. The Kier molecular flexibility index (Phi) is 5.05. The zero-order valence-electron chi connectivity index (χ0n) is 9.03. The standard InChI is InChI=1S/C11H17ClN2O/c1-8(2)15-7-11(14-13)9-4-3-5-10(12)6-9/h3-6,8,11,14H,7,13H2,1-2H3. The highest BCUT2D eigenvalue weighted by Gasteiger charge is 2.10. The summed E-state index contributed by atoms with van der Waals surface area (Å²) in [7, 11) is 0. The van der Waals surface area contributed by atoms with Crippen molar-refractivity contribution in [2.75, 3.05) is 6.61 Å². The summed E-state index contributed by atoms with van der Waals surface area (Å²) in [6.07, 6.45) is 0.194. The summed E-state index contributed by atoms with van der Waals surface area (Å²) >= 11 is 5.90. The maximum Gasteiger partial charge on any atom is 0.0694 e. The second-order valence-corrected chi connectivity index (χ2v) is 4.09. The highest BCUT2D eigenvalue weighted by Crippen LogP contribution is 2.17. The molecule has 0 fully saturated rings. The predicted octanol–water partition coefficient (Wildman–Crippen LogP) is 2.27. The second-order valence-electron chi connectivity index (χ2n) is 3.66. The molecule has 0 aromatic heterocycles. The lowest BCUT2D eigenvalue weighted by molar-refractivity contribution is 0.0611. The predicted molar refractivity (Wildman–Crippen MR) is 62.6 cm³/mol. The van der Waals surface area contributed by atoms with Gasteiger partial charge in [-0.1, -0.05) is 23.7 Å². The van der Waals surface area contributed by atoms with Crippen LogP contribution in [0, 0.1) is 0 Å². The van der Waals surface area contributed by atoms with Crippen LogP contribution in [0.25, 0.3) is 0 Å². The van der Waals surface area contributed by atoms with Crippen molar-refractivity contribution in [3.05, 3.63) is 34.9 Å². The molecule has 0 bridgehead atoms. The number of halogens is 1. The van der Waals surface area contributed by atoms with Gasteiger partial charge in [0.05, 0.1) is 18.8 Å². The molecule has 0 heterocycles. The molecule has 84 valence electrons. The third kappa shape index (κ3) is 4.18. The minimum atomic E-state index is -0.0221. The summed E-state index contributed by atoms with van der Waals surface area (Å²) in [6.45, 7) is 4.52. The normalized spacial score (nSPS) is 13.1. The van der Waals surface area contributed by atoms with E-state index in [1.165, 1.54) is 0 Å². The van der Waals surface area contributed by atoms with Crippen molar-refractivity contribution in [2.45, 2.75) is 26.0 Å². The van der Waals surface area contributed by atoms with E-state index in [9.17, 15) is 0 Å². The maximum atomic E-state index is 5.90. The molecule has 3 nitrogen and oxygen atoms in total. The van der Waals surface area contributed by atoms with Gasteiger partial charge in [0.25, 0.3) is 0 Å². The largest absolute Gasteiger partial charge is 0.377 e. The van der Waals surface area contributed by atoms with Gasteiger partial charge in [-0.05, 0) is 31.5 Å². The molecule has 0 radical (unpaired) electrons. The summed E-state index contributed by atoms with van der Waals surface area (Å²) < 4.78 is 5.50. The number of hydrogen-bond donors (Lipinski definition) is 2. The van der Waals surface area contributed by atoms with Gasteiger partial charge < -0.3 is 4.74 Å². The van der Waals surface area contributed by atoms with E-state index in [2.05, 4.69) is 5.43 Å². The van der Waals surface area contributed by atoms with Crippen molar-refractivity contribution in [3.8, 4) is 0 Å². The Bertz CT molecular complexity index is 304. The van der Waals surface area contributed by atoms with E-state index in [1.807, 2.05) is 38.1 Å². The Labute approximate surface area is 95.5 Å². The Morgan fingerprint density at radius 3 is 2.73 bits per heavy atom. The molecule has 0 aliphatic heterocycles. The molecule has 0 aliphatic carbocycles. The van der Waals surface area contributed by atoms with Gasteiger partial charge in [-0.3, -0.25) is 11.3 Å². The van der Waals surface area contributed by atoms with Crippen LogP contribution in [0.3, 0.4) is 0 Å². The zero-order valence-corrected chi connectivity index (χ0v) is 9.79. The van der Waals surface area contributed by atoms with Crippen LogP contribution in [0.1, 0.15) is 25.5 Å². The van der Waals surface area contributed by atoms with E-state index in [4.69, 9.17) is 22.2 Å². The SMILES string of the molecule is CC(C)OCC(NN)c1cccc(Cl)c1. The van der Waals surface area contributed by atoms with Crippen molar-refractivity contribution in [1.29, 1.82) is 0 Å². The summed E-state index contributed by atoms with van der Waals surface area (Å²) in [5.74, 6) is 5.47. The number of hydrazine groups is 1. The summed E-state index contributed by atoms with van der Waals surface area (Å²) in [6, 6.07) is 7.57. The first-order valence-corrected chi connectivity index (χ1v) is 5.34. The highest BCUT2D eigenvalue weighted by atomic mass is 35.5. The highest BCUT2D eigenvalue weighted by molar-refractivity contribution is 6.30. The van der Waals surface area contributed by atoms with Crippen LogP contribution in [0.2, 0.25) is 5.02 Å². The monoisotopic (exact) mass is 228 g/mol. The molecule has 0 amide bonds. The number of hydrogen-bond acceptors (Lipinski definition) is 3. The van der Waals surface area contributed by atoms with Crippen molar-refractivity contribution in [2.24, 2.45) is 5.84 Å². The topological polar surface area (TPSA) is 47.3 Å². The van der Waals surface area contributed by atoms with Gasteiger partial charge in [0.1, 0.15) is 0 Å². The maximum absolute atomic E-state index is 5.90. The van der Waals surface area contributed by atoms with Gasteiger partial charge in [-0.25, -0.2) is 0 Å². The van der Waals surface area contributed by atoms with E-state index in [0.29, 0.717) is 11.6 Å². The van der Waals surface area contributed by atoms with E-state index < -0.39 is 0 Å². The van der Waals surface area contributed by atoms with Crippen LogP contribution in [0.15, 0.2) is 24.3 Å². The van der Waals surface area contributed by atoms with Crippen molar-refractivity contribution in [3.63, 3.8) is 0 Å². The summed E-state index contributed by atoms with van der Waals surface area (Å²) in [5.41, 5.74) is 3.75. The molecular weight excluding hydrogens is 212 g/mol. The lowest BCUT2D eigenvalue weighted by atomic mass is 10.1. The fourth-order valence-electron chi connectivity index (χ4n) is 1.25. The molecule has 1 atom stereocenters. The minimum absolute atomic E-state index is 0.0221. The van der Waals surface area contributed by atoms with E-state index in [0.717, 1.165) is 5.56 Å². The van der Waals surface area contributed by atoms with Crippen LogP contribution < -0.4 is 11.3 Å². The Morgan fingerprint density at radius 1 is 1.47 bits per heavy atom. The first-order chi connectivity index (χ1) is 7.13. The average molecular weight is 229 g/mol. The van der Waals surface area contributed by atoms with E-state index >= 15 is 0 Å². The smallest absolute Gasteiger partial charge is 0.0694 e. The van der Waals surface area contributed by atoms with E-state index in [-0.39, 0.29) is 12.1 Å². The summed E-state index contributed by atoms with van der Waals surface area (Å²) in [5, 5.41) is 0.706. The number of nitrogens with two attached hydrogens (primary N) is 1. The van der Waals surface area contributed by atoms with Crippen molar-refractivity contribution in [1.82, 2.24) is 5.43 Å². The molecule has 0 saturated carbocycles. The first-order valence-electron chi connectivity index (χ1n) is 4.96. The molecule has 0 aliphatic rings. The fraction of sp³-hybridized carbons (Fsp3) is 0.455. The number of ether oxygens (including phenoxy) is 1. The summed E-state index contributed by atoms with van der Waals surface area (Å²) in [4.78, 5) is 0. The average Bonchev–Trinajstić information content (AvgIpc) is 2.18. The number of nitrogens with one attached hydrogen (secondary N) is 1. The lowest BCUT2D eigenvalue weighted by Gasteiger charge is -2.18. The first kappa shape index (κ1) is 12.5. The van der Waals surface area contributed by atoms with Crippen molar-refractivity contribution >= 4 is 11.6 Å².